The van der Waals surface area contributed by atoms with Crippen molar-refractivity contribution in [2.24, 2.45) is 0 Å². The lowest BCUT2D eigenvalue weighted by atomic mass is 10.1. The summed E-state index contributed by atoms with van der Waals surface area (Å²) < 4.78 is 33.8. The third-order valence-corrected chi connectivity index (χ3v) is 6.43. The SMILES string of the molecule is CCC(=O)Nc1c(C)noc1/C=C\c1ccc(S(=O)(=O)Nc2c(C)cccc2CC)cc1. The van der Waals surface area contributed by atoms with Crippen LogP contribution in [0.2, 0.25) is 0 Å². The first-order valence-corrected chi connectivity index (χ1v) is 11.9. The molecule has 7 nitrogen and oxygen atoms in total. The Morgan fingerprint density at radius 3 is 2.41 bits per heavy atom. The molecule has 0 saturated carbocycles. The second-order valence-electron chi connectivity index (χ2n) is 7.38. The average molecular weight is 454 g/mol. The lowest BCUT2D eigenvalue weighted by Crippen LogP contribution is -2.15. The fourth-order valence-corrected chi connectivity index (χ4v) is 4.35. The summed E-state index contributed by atoms with van der Waals surface area (Å²) in [6, 6.07) is 12.2. The number of para-hydroxylation sites is 1. The Hall–Kier alpha value is -3.39. The molecule has 0 aliphatic heterocycles. The number of anilines is 2. The van der Waals surface area contributed by atoms with Crippen molar-refractivity contribution in [3.05, 3.63) is 70.6 Å². The van der Waals surface area contributed by atoms with E-state index in [2.05, 4.69) is 15.2 Å². The Bertz CT molecular complexity index is 1240. The zero-order chi connectivity index (χ0) is 23.3. The Balaban J connectivity index is 1.79. The van der Waals surface area contributed by atoms with Gasteiger partial charge in [0.25, 0.3) is 10.0 Å². The number of carbonyl (C=O) groups excluding carboxylic acids is 1. The van der Waals surface area contributed by atoms with Gasteiger partial charge in [-0.1, -0.05) is 55.4 Å². The Kier molecular flexibility index (Phi) is 7.15. The maximum Gasteiger partial charge on any atom is 0.261 e. The van der Waals surface area contributed by atoms with Crippen LogP contribution in [0.3, 0.4) is 0 Å². The zero-order valence-electron chi connectivity index (χ0n) is 18.6. The molecular weight excluding hydrogens is 426 g/mol. The molecule has 2 aromatic carbocycles. The van der Waals surface area contributed by atoms with E-state index < -0.39 is 10.0 Å². The molecule has 2 N–H and O–H groups in total. The van der Waals surface area contributed by atoms with Crippen LogP contribution < -0.4 is 10.0 Å². The summed E-state index contributed by atoms with van der Waals surface area (Å²) in [5.74, 6) is 0.294. The maximum atomic E-state index is 12.9. The average Bonchev–Trinajstić information content (AvgIpc) is 3.13. The maximum absolute atomic E-state index is 12.9. The van der Waals surface area contributed by atoms with Crippen LogP contribution in [0, 0.1) is 13.8 Å². The molecule has 8 heteroatoms. The van der Waals surface area contributed by atoms with Crippen molar-refractivity contribution in [2.75, 3.05) is 10.0 Å². The van der Waals surface area contributed by atoms with Crippen molar-refractivity contribution in [3.63, 3.8) is 0 Å². The molecule has 0 bridgehead atoms. The molecule has 3 rings (SSSR count). The standard InChI is InChI=1S/C24H27N3O4S/c1-5-19-9-7-8-16(3)23(19)27-32(29,30)20-13-10-18(11-14-20)12-15-21-24(17(4)26-31-21)25-22(28)6-2/h7-15,27H,5-6H2,1-4H3,(H,25,28)/b15-12-. The second kappa shape index (κ2) is 9.82. The van der Waals surface area contributed by atoms with Crippen molar-refractivity contribution >= 4 is 39.5 Å². The van der Waals surface area contributed by atoms with Gasteiger partial charge in [0.2, 0.25) is 5.91 Å². The van der Waals surface area contributed by atoms with Crippen molar-refractivity contribution in [2.45, 2.75) is 45.4 Å². The molecule has 168 valence electrons. The number of amides is 1. The smallest absolute Gasteiger partial charge is 0.261 e. The highest BCUT2D eigenvalue weighted by molar-refractivity contribution is 7.92. The van der Waals surface area contributed by atoms with E-state index >= 15 is 0 Å². The highest BCUT2D eigenvalue weighted by Gasteiger charge is 2.17. The number of hydrogen-bond acceptors (Lipinski definition) is 5. The first kappa shape index (κ1) is 23.3. The van der Waals surface area contributed by atoms with E-state index in [1.807, 2.05) is 32.0 Å². The number of sulfonamides is 1. The number of aromatic nitrogens is 1. The zero-order valence-corrected chi connectivity index (χ0v) is 19.4. The molecule has 1 aromatic heterocycles. The molecule has 32 heavy (non-hydrogen) atoms. The summed E-state index contributed by atoms with van der Waals surface area (Å²) in [6.45, 7) is 7.38. The van der Waals surface area contributed by atoms with Gasteiger partial charge in [0.05, 0.1) is 10.6 Å². The van der Waals surface area contributed by atoms with Crippen molar-refractivity contribution in [1.82, 2.24) is 5.16 Å². The third-order valence-electron chi connectivity index (χ3n) is 5.07. The number of rotatable bonds is 8. The highest BCUT2D eigenvalue weighted by Crippen LogP contribution is 2.26. The lowest BCUT2D eigenvalue weighted by Gasteiger charge is -2.14. The third kappa shape index (κ3) is 5.26. The van der Waals surface area contributed by atoms with Crippen LogP contribution in [0.15, 0.2) is 51.9 Å². The first-order chi connectivity index (χ1) is 15.2. The van der Waals surface area contributed by atoms with Gasteiger partial charge >= 0.3 is 0 Å². The van der Waals surface area contributed by atoms with Crippen molar-refractivity contribution in [1.29, 1.82) is 0 Å². The molecule has 0 unspecified atom stereocenters. The van der Waals surface area contributed by atoms with Crippen LogP contribution in [0.4, 0.5) is 11.4 Å². The van der Waals surface area contributed by atoms with Crippen LogP contribution in [0.25, 0.3) is 12.2 Å². The predicted molar refractivity (Wildman–Crippen MR) is 127 cm³/mol. The normalized spacial score (nSPS) is 11.6. The van der Waals surface area contributed by atoms with Crippen LogP contribution >= 0.6 is 0 Å². The molecule has 0 saturated heterocycles. The van der Waals surface area contributed by atoms with Crippen LogP contribution in [-0.4, -0.2) is 19.5 Å². The van der Waals surface area contributed by atoms with E-state index in [4.69, 9.17) is 4.52 Å². The van der Waals surface area contributed by atoms with Gasteiger partial charge in [-0.3, -0.25) is 9.52 Å². The molecular formula is C24H27N3O4S. The monoisotopic (exact) mass is 453 g/mol. The van der Waals surface area contributed by atoms with Gasteiger partial charge in [0.1, 0.15) is 11.4 Å². The molecule has 0 fully saturated rings. The second-order valence-corrected chi connectivity index (χ2v) is 9.06. The first-order valence-electron chi connectivity index (χ1n) is 10.4. The summed E-state index contributed by atoms with van der Waals surface area (Å²) in [4.78, 5) is 11.9. The summed E-state index contributed by atoms with van der Waals surface area (Å²) in [6.07, 6.45) is 4.53. The Labute approximate surface area is 188 Å². The minimum atomic E-state index is -3.72. The van der Waals surface area contributed by atoms with Gasteiger partial charge < -0.3 is 9.84 Å². The lowest BCUT2D eigenvalue weighted by molar-refractivity contribution is -0.115. The van der Waals surface area contributed by atoms with Crippen LogP contribution in [-0.2, 0) is 21.2 Å². The fourth-order valence-electron chi connectivity index (χ4n) is 3.17. The van der Waals surface area contributed by atoms with E-state index in [-0.39, 0.29) is 10.8 Å². The van der Waals surface area contributed by atoms with Gasteiger partial charge in [-0.25, -0.2) is 8.42 Å². The predicted octanol–water partition coefficient (Wildman–Crippen LogP) is 5.17. The van der Waals surface area contributed by atoms with Gasteiger partial charge in [-0.15, -0.1) is 0 Å². The topological polar surface area (TPSA) is 101 Å². The van der Waals surface area contributed by atoms with E-state index in [9.17, 15) is 13.2 Å². The Morgan fingerprint density at radius 2 is 1.75 bits per heavy atom. The molecule has 1 amide bonds. The summed E-state index contributed by atoms with van der Waals surface area (Å²) >= 11 is 0. The quantitative estimate of drug-likeness (QED) is 0.490. The van der Waals surface area contributed by atoms with E-state index in [0.717, 1.165) is 23.1 Å². The summed E-state index contributed by atoms with van der Waals surface area (Å²) in [7, 11) is -3.72. The van der Waals surface area contributed by atoms with Gasteiger partial charge in [-0.2, -0.15) is 0 Å². The van der Waals surface area contributed by atoms with E-state index in [1.54, 1.807) is 50.3 Å². The largest absolute Gasteiger partial charge is 0.354 e. The fraction of sp³-hybridized carbons (Fsp3) is 0.250. The van der Waals surface area contributed by atoms with Gasteiger partial charge in [0.15, 0.2) is 5.76 Å². The van der Waals surface area contributed by atoms with Crippen LogP contribution in [0.5, 0.6) is 0 Å². The molecule has 0 atom stereocenters. The Morgan fingerprint density at radius 1 is 1.03 bits per heavy atom. The van der Waals surface area contributed by atoms with Gasteiger partial charge in [-0.05, 0) is 55.2 Å². The summed E-state index contributed by atoms with van der Waals surface area (Å²) in [5.41, 5.74) is 4.34. The minimum absolute atomic E-state index is 0.132. The molecule has 0 aliphatic rings. The molecule has 0 spiro atoms. The van der Waals surface area contributed by atoms with Gasteiger partial charge in [0, 0.05) is 6.42 Å². The number of aryl methyl sites for hydroxylation is 3. The molecule has 1 heterocycles. The van der Waals surface area contributed by atoms with E-state index in [1.165, 1.54) is 0 Å². The van der Waals surface area contributed by atoms with Crippen molar-refractivity contribution in [3.8, 4) is 0 Å². The number of carbonyl (C=O) groups is 1. The minimum Gasteiger partial charge on any atom is -0.354 e. The van der Waals surface area contributed by atoms with Crippen LogP contribution in [0.1, 0.15) is 48.4 Å². The number of nitrogens with one attached hydrogen (secondary N) is 2. The number of benzene rings is 2. The number of hydrogen-bond donors (Lipinski definition) is 2. The molecule has 0 aliphatic carbocycles. The summed E-state index contributed by atoms with van der Waals surface area (Å²) in [5, 5.41) is 6.67. The van der Waals surface area contributed by atoms with Crippen molar-refractivity contribution < 1.29 is 17.7 Å². The molecule has 0 radical (unpaired) electrons. The number of nitrogens with zero attached hydrogens (tertiary/aromatic N) is 1. The van der Waals surface area contributed by atoms with E-state index in [0.29, 0.717) is 29.2 Å². The molecule has 3 aromatic rings. The highest BCUT2D eigenvalue weighted by atomic mass is 32.2.